The highest BCUT2D eigenvalue weighted by atomic mass is 79.9. The van der Waals surface area contributed by atoms with E-state index >= 15 is 0 Å². The SMILES string of the molecule is CCc1ncc(S(=O)(=O)N2CCC(Br)CC2)[nH]1. The average Bonchev–Trinajstić information content (AvgIpc) is 2.78. The van der Waals surface area contributed by atoms with E-state index in [4.69, 9.17) is 0 Å². The summed E-state index contributed by atoms with van der Waals surface area (Å²) in [6.45, 7) is 3.07. The smallest absolute Gasteiger partial charge is 0.260 e. The van der Waals surface area contributed by atoms with Crippen molar-refractivity contribution in [1.29, 1.82) is 0 Å². The van der Waals surface area contributed by atoms with Crippen molar-refractivity contribution in [2.75, 3.05) is 13.1 Å². The molecule has 1 aliphatic rings. The van der Waals surface area contributed by atoms with E-state index in [-0.39, 0.29) is 5.03 Å². The highest BCUT2D eigenvalue weighted by molar-refractivity contribution is 9.09. The van der Waals surface area contributed by atoms with E-state index in [0.717, 1.165) is 12.8 Å². The average molecular weight is 322 g/mol. The predicted molar refractivity (Wildman–Crippen MR) is 68.7 cm³/mol. The second-order valence-corrected chi connectivity index (χ2v) is 7.33. The largest absolute Gasteiger partial charge is 0.332 e. The van der Waals surface area contributed by atoms with E-state index < -0.39 is 10.0 Å². The molecule has 0 aromatic carbocycles. The van der Waals surface area contributed by atoms with Gasteiger partial charge in [0.05, 0.1) is 6.20 Å². The molecule has 0 amide bonds. The minimum absolute atomic E-state index is 0.211. The first-order chi connectivity index (χ1) is 8.04. The van der Waals surface area contributed by atoms with Gasteiger partial charge in [-0.25, -0.2) is 13.4 Å². The van der Waals surface area contributed by atoms with Crippen molar-refractivity contribution in [1.82, 2.24) is 14.3 Å². The standard InChI is InChI=1S/C10H16BrN3O2S/c1-2-9-12-7-10(13-9)17(15,16)14-5-3-8(11)4-6-14/h7-8H,2-6H2,1H3,(H,12,13). The zero-order valence-corrected chi connectivity index (χ0v) is 12.1. The number of imidazole rings is 1. The van der Waals surface area contributed by atoms with Gasteiger partial charge in [-0.2, -0.15) is 4.31 Å². The van der Waals surface area contributed by atoms with Crippen LogP contribution in [0.1, 0.15) is 25.6 Å². The normalized spacial score (nSPS) is 19.6. The van der Waals surface area contributed by atoms with Gasteiger partial charge in [-0.3, -0.25) is 0 Å². The monoisotopic (exact) mass is 321 g/mol. The molecular formula is C10H16BrN3O2S. The zero-order valence-electron chi connectivity index (χ0n) is 9.69. The topological polar surface area (TPSA) is 66.1 Å². The first kappa shape index (κ1) is 13.0. The van der Waals surface area contributed by atoms with Gasteiger partial charge >= 0.3 is 0 Å². The summed E-state index contributed by atoms with van der Waals surface area (Å²) in [5, 5.41) is 0.211. The lowest BCUT2D eigenvalue weighted by atomic mass is 10.2. The molecule has 0 bridgehead atoms. The molecule has 0 spiro atoms. The van der Waals surface area contributed by atoms with Crippen LogP contribution >= 0.6 is 15.9 Å². The Balaban J connectivity index is 2.18. The van der Waals surface area contributed by atoms with Crippen LogP contribution in [0.4, 0.5) is 0 Å². The van der Waals surface area contributed by atoms with Crippen LogP contribution in [0, 0.1) is 0 Å². The number of halogens is 1. The van der Waals surface area contributed by atoms with Gasteiger partial charge in [0.25, 0.3) is 10.0 Å². The highest BCUT2D eigenvalue weighted by Gasteiger charge is 2.29. The molecule has 0 unspecified atom stereocenters. The quantitative estimate of drug-likeness (QED) is 0.858. The third kappa shape index (κ3) is 2.71. The number of hydrogen-bond donors (Lipinski definition) is 1. The Bertz CT molecular complexity index is 477. The van der Waals surface area contributed by atoms with Crippen molar-refractivity contribution >= 4 is 26.0 Å². The van der Waals surface area contributed by atoms with E-state index in [1.165, 1.54) is 10.5 Å². The summed E-state index contributed by atoms with van der Waals surface area (Å²) in [7, 11) is -3.38. The molecular weight excluding hydrogens is 306 g/mol. The molecule has 1 saturated heterocycles. The van der Waals surface area contributed by atoms with Crippen molar-refractivity contribution in [2.45, 2.75) is 36.0 Å². The van der Waals surface area contributed by atoms with Crippen LogP contribution in [0.3, 0.4) is 0 Å². The summed E-state index contributed by atoms with van der Waals surface area (Å²) in [5.41, 5.74) is 0. The van der Waals surface area contributed by atoms with Gasteiger partial charge in [-0.1, -0.05) is 22.9 Å². The number of alkyl halides is 1. The molecule has 1 N–H and O–H groups in total. The second kappa shape index (κ2) is 5.07. The Morgan fingerprint density at radius 1 is 1.53 bits per heavy atom. The molecule has 96 valence electrons. The third-order valence-corrected chi connectivity index (χ3v) is 5.67. The minimum Gasteiger partial charge on any atom is -0.332 e. The maximum absolute atomic E-state index is 12.3. The minimum atomic E-state index is -3.38. The van der Waals surface area contributed by atoms with Crippen LogP contribution < -0.4 is 0 Å². The second-order valence-electron chi connectivity index (χ2n) is 4.13. The van der Waals surface area contributed by atoms with Crippen molar-refractivity contribution in [3.05, 3.63) is 12.0 Å². The molecule has 2 rings (SSSR count). The molecule has 0 saturated carbocycles. The maximum atomic E-state index is 12.3. The van der Waals surface area contributed by atoms with Crippen LogP contribution in [0.15, 0.2) is 11.2 Å². The van der Waals surface area contributed by atoms with E-state index in [9.17, 15) is 8.42 Å². The number of aryl methyl sites for hydroxylation is 1. The van der Waals surface area contributed by atoms with E-state index in [1.54, 1.807) is 0 Å². The van der Waals surface area contributed by atoms with Crippen molar-refractivity contribution in [2.24, 2.45) is 0 Å². The lowest BCUT2D eigenvalue weighted by molar-refractivity contribution is 0.353. The first-order valence-electron chi connectivity index (χ1n) is 5.72. The van der Waals surface area contributed by atoms with Crippen molar-refractivity contribution in [3.63, 3.8) is 0 Å². The van der Waals surface area contributed by atoms with E-state index in [2.05, 4.69) is 25.9 Å². The first-order valence-corrected chi connectivity index (χ1v) is 8.07. The lowest BCUT2D eigenvalue weighted by Gasteiger charge is -2.27. The third-order valence-electron chi connectivity index (χ3n) is 2.94. The number of nitrogens with one attached hydrogen (secondary N) is 1. The number of nitrogens with zero attached hydrogens (tertiary/aromatic N) is 2. The van der Waals surface area contributed by atoms with Gasteiger partial charge in [-0.15, -0.1) is 0 Å². The number of aromatic nitrogens is 2. The summed E-state index contributed by atoms with van der Waals surface area (Å²) in [6, 6.07) is 0. The van der Waals surface area contributed by atoms with Gasteiger partial charge in [-0.05, 0) is 12.8 Å². The molecule has 17 heavy (non-hydrogen) atoms. The van der Waals surface area contributed by atoms with Gasteiger partial charge < -0.3 is 4.98 Å². The summed E-state index contributed by atoms with van der Waals surface area (Å²) in [5.74, 6) is 0.707. The number of H-pyrrole nitrogens is 1. The van der Waals surface area contributed by atoms with E-state index in [1.807, 2.05) is 6.92 Å². The predicted octanol–water partition coefficient (Wildman–Crippen LogP) is 1.52. The summed E-state index contributed by atoms with van der Waals surface area (Å²) in [6.07, 6.45) is 3.83. The number of aromatic amines is 1. The molecule has 2 heterocycles. The molecule has 1 aromatic rings. The summed E-state index contributed by atoms with van der Waals surface area (Å²) in [4.78, 5) is 7.33. The van der Waals surface area contributed by atoms with Gasteiger partial charge in [0.15, 0.2) is 5.03 Å². The Labute approximate surface area is 110 Å². The van der Waals surface area contributed by atoms with Crippen LogP contribution in [0.25, 0.3) is 0 Å². The molecule has 0 radical (unpaired) electrons. The van der Waals surface area contributed by atoms with Gasteiger partial charge in [0, 0.05) is 24.3 Å². The molecule has 0 atom stereocenters. The Kier molecular flexibility index (Phi) is 3.89. The molecule has 1 aliphatic heterocycles. The number of hydrogen-bond acceptors (Lipinski definition) is 3. The van der Waals surface area contributed by atoms with Crippen LogP contribution in [0.5, 0.6) is 0 Å². The molecule has 7 heteroatoms. The fourth-order valence-corrected chi connectivity index (χ4v) is 3.67. The van der Waals surface area contributed by atoms with Gasteiger partial charge in [0.1, 0.15) is 5.82 Å². The van der Waals surface area contributed by atoms with Crippen LogP contribution in [-0.2, 0) is 16.4 Å². The Morgan fingerprint density at radius 3 is 2.71 bits per heavy atom. The molecule has 1 aromatic heterocycles. The van der Waals surface area contributed by atoms with Gasteiger partial charge in [0.2, 0.25) is 0 Å². The number of rotatable bonds is 3. The number of piperidine rings is 1. The van der Waals surface area contributed by atoms with Crippen LogP contribution in [0.2, 0.25) is 0 Å². The van der Waals surface area contributed by atoms with Crippen LogP contribution in [-0.4, -0.2) is 40.6 Å². The lowest BCUT2D eigenvalue weighted by Crippen LogP contribution is -2.38. The fraction of sp³-hybridized carbons (Fsp3) is 0.700. The molecule has 0 aliphatic carbocycles. The number of sulfonamides is 1. The summed E-state index contributed by atoms with van der Waals surface area (Å²) < 4.78 is 26.1. The zero-order chi connectivity index (χ0) is 12.5. The Morgan fingerprint density at radius 2 is 2.18 bits per heavy atom. The fourth-order valence-electron chi connectivity index (χ4n) is 1.86. The molecule has 1 fully saturated rings. The Hall–Kier alpha value is -0.400. The molecule has 5 nitrogen and oxygen atoms in total. The van der Waals surface area contributed by atoms with Crippen molar-refractivity contribution < 1.29 is 8.42 Å². The highest BCUT2D eigenvalue weighted by Crippen LogP contribution is 2.22. The maximum Gasteiger partial charge on any atom is 0.260 e. The van der Waals surface area contributed by atoms with Crippen molar-refractivity contribution in [3.8, 4) is 0 Å². The summed E-state index contributed by atoms with van der Waals surface area (Å²) >= 11 is 3.51. The van der Waals surface area contributed by atoms with E-state index in [0.29, 0.717) is 30.2 Å².